The molecule has 376 valence electrons. The number of ether oxygens (including phenoxy) is 2. The van der Waals surface area contributed by atoms with Gasteiger partial charge in [-0.25, -0.2) is 4.57 Å². The maximum absolute atomic E-state index is 12.8. The highest BCUT2D eigenvalue weighted by Gasteiger charge is 2.26. The summed E-state index contributed by atoms with van der Waals surface area (Å²) in [5.41, 5.74) is 0. The lowest BCUT2D eigenvalue weighted by molar-refractivity contribution is -0.870. The fourth-order valence-corrected chi connectivity index (χ4v) is 7.65. The van der Waals surface area contributed by atoms with Crippen molar-refractivity contribution in [2.24, 2.45) is 0 Å². The lowest BCUT2D eigenvalue weighted by atomic mass is 10.0. The molecule has 8 nitrogen and oxygen atoms in total. The molecule has 0 fully saturated rings. The summed E-state index contributed by atoms with van der Waals surface area (Å²) >= 11 is 0. The van der Waals surface area contributed by atoms with Crippen molar-refractivity contribution in [1.29, 1.82) is 0 Å². The van der Waals surface area contributed by atoms with E-state index in [1.165, 1.54) is 109 Å². The summed E-state index contributed by atoms with van der Waals surface area (Å²) in [6, 6.07) is 0. The number of unbranched alkanes of at least 4 members (excludes halogenated alkanes) is 20. The Morgan fingerprint density at radius 2 is 0.892 bits per heavy atom. The van der Waals surface area contributed by atoms with E-state index >= 15 is 0 Å². The van der Waals surface area contributed by atoms with Crippen molar-refractivity contribution in [2.45, 2.75) is 213 Å². The van der Waals surface area contributed by atoms with Crippen molar-refractivity contribution < 1.29 is 37.3 Å². The third-order valence-corrected chi connectivity index (χ3v) is 11.9. The van der Waals surface area contributed by atoms with Gasteiger partial charge >= 0.3 is 13.8 Å². The molecule has 9 heteroatoms. The van der Waals surface area contributed by atoms with Crippen molar-refractivity contribution in [1.82, 2.24) is 0 Å². The summed E-state index contributed by atoms with van der Waals surface area (Å²) in [6.07, 6.45) is 64.8. The van der Waals surface area contributed by atoms with E-state index in [4.69, 9.17) is 18.5 Å². The average Bonchev–Trinajstić information content (AvgIpc) is 3.27. The number of phosphoric ester groups is 1. The zero-order valence-electron chi connectivity index (χ0n) is 42.7. The van der Waals surface area contributed by atoms with Crippen LogP contribution < -0.4 is 0 Å². The summed E-state index contributed by atoms with van der Waals surface area (Å²) < 4.78 is 35.2. The molecule has 0 aliphatic rings. The van der Waals surface area contributed by atoms with E-state index < -0.39 is 13.9 Å². The van der Waals surface area contributed by atoms with Gasteiger partial charge in [0.15, 0.2) is 0 Å². The Labute approximate surface area is 401 Å². The molecule has 0 saturated heterocycles. The van der Waals surface area contributed by atoms with Crippen molar-refractivity contribution in [3.8, 4) is 0 Å². The Morgan fingerprint density at radius 3 is 1.34 bits per heavy atom. The Bertz CT molecular complexity index is 1310. The Balaban J connectivity index is 4.17. The molecule has 0 spiro atoms. The average molecular weight is 931 g/mol. The van der Waals surface area contributed by atoms with Crippen LogP contribution in [0.1, 0.15) is 206 Å². The largest absolute Gasteiger partial charge is 0.472 e. The third-order valence-electron chi connectivity index (χ3n) is 10.9. The summed E-state index contributed by atoms with van der Waals surface area (Å²) in [4.78, 5) is 23.0. The minimum atomic E-state index is -4.29. The van der Waals surface area contributed by atoms with E-state index in [-0.39, 0.29) is 25.8 Å². The quantitative estimate of drug-likeness (QED) is 0.0214. The number of esters is 1. The highest BCUT2D eigenvalue weighted by atomic mass is 31.2. The molecule has 2 unspecified atom stereocenters. The highest BCUT2D eigenvalue weighted by Crippen LogP contribution is 2.43. The second-order valence-electron chi connectivity index (χ2n) is 18.5. The van der Waals surface area contributed by atoms with Gasteiger partial charge in [0.1, 0.15) is 19.3 Å². The number of hydrogen-bond donors (Lipinski definition) is 1. The Morgan fingerprint density at radius 1 is 0.492 bits per heavy atom. The minimum absolute atomic E-state index is 0.0815. The van der Waals surface area contributed by atoms with Crippen LogP contribution in [0.15, 0.2) is 85.1 Å². The van der Waals surface area contributed by atoms with Gasteiger partial charge in [0, 0.05) is 13.0 Å². The molecule has 65 heavy (non-hydrogen) atoms. The molecular weight excluding hydrogens is 830 g/mol. The molecule has 2 atom stereocenters. The predicted molar refractivity (Wildman–Crippen MR) is 279 cm³/mol. The fraction of sp³-hybridized carbons (Fsp3) is 0.732. The Kier molecular flexibility index (Phi) is 46.4. The van der Waals surface area contributed by atoms with Crippen LogP contribution >= 0.6 is 7.82 Å². The van der Waals surface area contributed by atoms with Crippen molar-refractivity contribution >= 4 is 13.8 Å². The van der Waals surface area contributed by atoms with Gasteiger partial charge in [-0.05, 0) is 89.9 Å². The number of phosphoric acid groups is 1. The van der Waals surface area contributed by atoms with Crippen LogP contribution in [0.5, 0.6) is 0 Å². The standard InChI is InChI=1S/C56H100NO7P/c1-6-8-10-12-14-16-18-20-22-24-26-28-29-30-31-33-35-37-39-41-43-45-47-49-56(58)64-55(54-63-65(59,60)62-52-50-57(3,4)5)53-61-51-48-46-44-42-40-38-36-34-32-27-25-23-21-19-17-15-13-11-9-7-2/h8,10,14-17,20-23,26-28,32,55H,6-7,9,11-13,18-19,24-25,29-31,33-54H2,1-5H3/p+1/b10-8-,16-14-,17-15-,22-20-,23-21-,28-26-,32-27-. The topological polar surface area (TPSA) is 91.3 Å². The molecule has 0 aromatic rings. The molecule has 0 aromatic carbocycles. The third kappa shape index (κ3) is 52.5. The first kappa shape index (κ1) is 62.7. The molecule has 0 bridgehead atoms. The maximum atomic E-state index is 12.8. The highest BCUT2D eigenvalue weighted by molar-refractivity contribution is 7.47. The van der Waals surface area contributed by atoms with Crippen molar-refractivity contribution in [2.75, 3.05) is 54.1 Å². The first-order valence-electron chi connectivity index (χ1n) is 26.3. The molecule has 0 saturated carbocycles. The van der Waals surface area contributed by atoms with E-state index in [2.05, 4.69) is 98.9 Å². The first-order valence-corrected chi connectivity index (χ1v) is 27.8. The van der Waals surface area contributed by atoms with Gasteiger partial charge in [-0.2, -0.15) is 0 Å². The van der Waals surface area contributed by atoms with Gasteiger partial charge in [0.2, 0.25) is 0 Å². The van der Waals surface area contributed by atoms with Gasteiger partial charge in [-0.15, -0.1) is 0 Å². The van der Waals surface area contributed by atoms with Crippen LogP contribution in [0.2, 0.25) is 0 Å². The number of carbonyl (C=O) groups is 1. The summed E-state index contributed by atoms with van der Waals surface area (Å²) in [5, 5.41) is 0. The van der Waals surface area contributed by atoms with Crippen LogP contribution in [0.25, 0.3) is 0 Å². The molecule has 0 heterocycles. The smallest absolute Gasteiger partial charge is 0.457 e. The van der Waals surface area contributed by atoms with Gasteiger partial charge in [-0.1, -0.05) is 195 Å². The molecule has 0 radical (unpaired) electrons. The van der Waals surface area contributed by atoms with Gasteiger partial charge in [-0.3, -0.25) is 13.8 Å². The molecule has 1 N–H and O–H groups in total. The molecule has 0 amide bonds. The number of nitrogens with zero attached hydrogens (tertiary/aromatic N) is 1. The van der Waals surface area contributed by atoms with Crippen molar-refractivity contribution in [3.05, 3.63) is 85.1 Å². The molecule has 0 aliphatic heterocycles. The minimum Gasteiger partial charge on any atom is -0.457 e. The molecular formula is C56H101NO7P+. The number of hydrogen-bond acceptors (Lipinski definition) is 6. The first-order chi connectivity index (χ1) is 31.6. The van der Waals surface area contributed by atoms with E-state index in [1.807, 2.05) is 21.1 Å². The molecule has 0 aromatic heterocycles. The van der Waals surface area contributed by atoms with Crippen LogP contribution in [0, 0.1) is 0 Å². The number of carbonyl (C=O) groups excluding carboxylic acids is 1. The monoisotopic (exact) mass is 931 g/mol. The maximum Gasteiger partial charge on any atom is 0.472 e. The molecule has 0 rings (SSSR count). The molecule has 0 aliphatic carbocycles. The van der Waals surface area contributed by atoms with Crippen LogP contribution in [-0.2, 0) is 27.9 Å². The summed E-state index contributed by atoms with van der Waals surface area (Å²) in [7, 11) is 1.65. The number of quaternary nitrogens is 1. The van der Waals surface area contributed by atoms with E-state index in [9.17, 15) is 14.3 Å². The zero-order chi connectivity index (χ0) is 47.6. The normalized spacial score (nSPS) is 14.2. The van der Waals surface area contributed by atoms with E-state index in [0.29, 0.717) is 24.1 Å². The van der Waals surface area contributed by atoms with E-state index in [0.717, 1.165) is 77.0 Å². The number of rotatable bonds is 48. The van der Waals surface area contributed by atoms with Crippen LogP contribution in [0.4, 0.5) is 0 Å². The summed E-state index contributed by atoms with van der Waals surface area (Å²) in [6.45, 7) is 5.45. The lowest BCUT2D eigenvalue weighted by Gasteiger charge is -2.24. The van der Waals surface area contributed by atoms with E-state index in [1.54, 1.807) is 0 Å². The van der Waals surface area contributed by atoms with Gasteiger partial charge < -0.3 is 18.9 Å². The SMILES string of the molecule is CC/C=C\C/C=C\C/C=C\C/C=C\CCCCCCCCCCCCC(=O)OC(COCCCCCCCCC/C=C\C/C=C\C/C=C\CCCCC)COP(=O)(O)OCC[N+](C)(C)C. The van der Waals surface area contributed by atoms with Crippen molar-refractivity contribution in [3.63, 3.8) is 0 Å². The second-order valence-corrected chi connectivity index (χ2v) is 20.0. The Hall–Kier alpha value is -2.32. The van der Waals surface area contributed by atoms with Crippen LogP contribution in [0.3, 0.4) is 0 Å². The predicted octanol–water partition coefficient (Wildman–Crippen LogP) is 16.4. The van der Waals surface area contributed by atoms with Crippen LogP contribution in [-0.4, -0.2) is 75.6 Å². The number of likely N-dealkylation sites (N-methyl/N-ethyl adjacent to an activating group) is 1. The second kappa shape index (κ2) is 48.1. The zero-order valence-corrected chi connectivity index (χ0v) is 43.6. The summed E-state index contributed by atoms with van der Waals surface area (Å²) in [5.74, 6) is -0.324. The van der Waals surface area contributed by atoms with Gasteiger partial charge in [0.05, 0.1) is 34.4 Å². The lowest BCUT2D eigenvalue weighted by Crippen LogP contribution is -2.37. The van der Waals surface area contributed by atoms with Gasteiger partial charge in [0.25, 0.3) is 0 Å². The number of allylic oxidation sites excluding steroid dienone is 14. The fourth-order valence-electron chi connectivity index (χ4n) is 6.90.